The fraction of sp³-hybridized carbons (Fsp3) is 0.529. The molecule has 6 heteroatoms. The summed E-state index contributed by atoms with van der Waals surface area (Å²) in [5, 5.41) is 10.3. The summed E-state index contributed by atoms with van der Waals surface area (Å²) in [5.41, 5.74) is 2.30. The molecule has 5 nitrogen and oxygen atoms in total. The first-order valence-electron chi connectivity index (χ1n) is 8.35. The number of carbonyl (C=O) groups is 1. The van der Waals surface area contributed by atoms with Gasteiger partial charge in [-0.3, -0.25) is 9.89 Å². The first-order chi connectivity index (χ1) is 11.3. The first kappa shape index (κ1) is 14.9. The van der Waals surface area contributed by atoms with Gasteiger partial charge in [-0.15, -0.1) is 11.3 Å². The van der Waals surface area contributed by atoms with Gasteiger partial charge in [0.2, 0.25) is 0 Å². The Balaban J connectivity index is 1.44. The number of amides is 1. The van der Waals surface area contributed by atoms with Gasteiger partial charge in [-0.05, 0) is 24.5 Å². The van der Waals surface area contributed by atoms with E-state index < -0.39 is 0 Å². The summed E-state index contributed by atoms with van der Waals surface area (Å²) in [6.07, 6.45) is 7.24. The van der Waals surface area contributed by atoms with Crippen molar-refractivity contribution in [1.82, 2.24) is 10.2 Å². The minimum absolute atomic E-state index is 0.0777. The molecule has 1 fully saturated rings. The number of thiophene rings is 1. The van der Waals surface area contributed by atoms with Gasteiger partial charge >= 0.3 is 0 Å². The van der Waals surface area contributed by atoms with E-state index in [0.29, 0.717) is 18.3 Å². The number of anilines is 1. The molecule has 0 saturated heterocycles. The molecule has 1 aliphatic carbocycles. The lowest BCUT2D eigenvalue weighted by Crippen LogP contribution is -2.10. The molecular weight excluding hydrogens is 310 g/mol. The zero-order valence-corrected chi connectivity index (χ0v) is 13.9. The standard InChI is InChI=1S/C17H21N3O2S/c21-17(15-8-12-10-22-7-6-14(12)23-15)18-16-9-13(19-20-16)11-4-2-1-3-5-11/h8-9,11H,1-7,10H2,(H2,18,19,20,21). The molecule has 0 aromatic carbocycles. The minimum Gasteiger partial charge on any atom is -0.376 e. The Morgan fingerprint density at radius 2 is 2.17 bits per heavy atom. The molecule has 2 N–H and O–H groups in total. The summed E-state index contributed by atoms with van der Waals surface area (Å²) >= 11 is 1.57. The maximum atomic E-state index is 12.4. The summed E-state index contributed by atoms with van der Waals surface area (Å²) in [5.74, 6) is 1.11. The number of aromatic amines is 1. The molecule has 4 rings (SSSR count). The van der Waals surface area contributed by atoms with Crippen molar-refractivity contribution in [1.29, 1.82) is 0 Å². The highest BCUT2D eigenvalue weighted by molar-refractivity contribution is 7.14. The number of hydrogen-bond donors (Lipinski definition) is 2. The van der Waals surface area contributed by atoms with Crippen LogP contribution in [0.4, 0.5) is 5.82 Å². The van der Waals surface area contributed by atoms with Crippen molar-refractivity contribution in [2.24, 2.45) is 0 Å². The molecule has 1 aliphatic heterocycles. The molecule has 1 saturated carbocycles. The van der Waals surface area contributed by atoms with Crippen molar-refractivity contribution in [3.8, 4) is 0 Å². The van der Waals surface area contributed by atoms with Crippen LogP contribution in [0.15, 0.2) is 12.1 Å². The summed E-state index contributed by atoms with van der Waals surface area (Å²) in [7, 11) is 0. The lowest BCUT2D eigenvalue weighted by molar-refractivity contribution is 0.102. The zero-order valence-electron chi connectivity index (χ0n) is 13.1. The number of nitrogens with zero attached hydrogens (tertiary/aromatic N) is 1. The van der Waals surface area contributed by atoms with E-state index in [2.05, 4.69) is 15.5 Å². The maximum absolute atomic E-state index is 12.4. The van der Waals surface area contributed by atoms with Gasteiger partial charge in [0.1, 0.15) is 0 Å². The van der Waals surface area contributed by atoms with Crippen LogP contribution in [0.1, 0.15) is 63.8 Å². The van der Waals surface area contributed by atoms with Gasteiger partial charge in [-0.25, -0.2) is 0 Å². The molecule has 122 valence electrons. The highest BCUT2D eigenvalue weighted by Crippen LogP contribution is 2.32. The molecule has 1 amide bonds. The molecular formula is C17H21N3O2S. The number of H-pyrrole nitrogens is 1. The summed E-state index contributed by atoms with van der Waals surface area (Å²) in [6.45, 7) is 1.37. The Bertz CT molecular complexity index is 677. The number of hydrogen-bond acceptors (Lipinski definition) is 4. The number of nitrogens with one attached hydrogen (secondary N) is 2. The van der Waals surface area contributed by atoms with E-state index in [9.17, 15) is 4.79 Å². The topological polar surface area (TPSA) is 67.0 Å². The lowest BCUT2D eigenvalue weighted by Gasteiger charge is -2.19. The van der Waals surface area contributed by atoms with Crippen molar-refractivity contribution >= 4 is 23.1 Å². The Kier molecular flexibility index (Phi) is 4.18. The largest absolute Gasteiger partial charge is 0.376 e. The van der Waals surface area contributed by atoms with E-state index in [1.54, 1.807) is 11.3 Å². The summed E-state index contributed by atoms with van der Waals surface area (Å²) in [4.78, 5) is 14.4. The van der Waals surface area contributed by atoms with Crippen molar-refractivity contribution in [2.75, 3.05) is 11.9 Å². The summed E-state index contributed by atoms with van der Waals surface area (Å²) in [6, 6.07) is 3.94. The van der Waals surface area contributed by atoms with Crippen LogP contribution in [0.3, 0.4) is 0 Å². The second-order valence-electron chi connectivity index (χ2n) is 6.36. The lowest BCUT2D eigenvalue weighted by atomic mass is 9.87. The van der Waals surface area contributed by atoms with E-state index in [1.165, 1.54) is 37.0 Å². The smallest absolute Gasteiger partial charge is 0.266 e. The molecule has 23 heavy (non-hydrogen) atoms. The maximum Gasteiger partial charge on any atom is 0.266 e. The van der Waals surface area contributed by atoms with Crippen molar-refractivity contribution < 1.29 is 9.53 Å². The number of ether oxygens (including phenoxy) is 1. The molecule has 3 heterocycles. The average molecular weight is 331 g/mol. The minimum atomic E-state index is -0.0777. The third kappa shape index (κ3) is 3.19. The second-order valence-corrected chi connectivity index (χ2v) is 7.50. The quantitative estimate of drug-likeness (QED) is 0.898. The van der Waals surface area contributed by atoms with Crippen molar-refractivity contribution in [2.45, 2.75) is 51.0 Å². The average Bonchev–Trinajstić information content (AvgIpc) is 3.22. The Labute approximate surface area is 139 Å². The van der Waals surface area contributed by atoms with Gasteiger partial charge in [0.25, 0.3) is 5.91 Å². The molecule has 2 aromatic heterocycles. The predicted molar refractivity (Wildman–Crippen MR) is 90.0 cm³/mol. The van der Waals surface area contributed by atoms with E-state index in [4.69, 9.17) is 4.74 Å². The SMILES string of the molecule is O=C(Nc1cc(C2CCCCC2)[nH]n1)c1cc2c(s1)CCOC2. The normalized spacial score (nSPS) is 18.6. The first-order valence-corrected chi connectivity index (χ1v) is 9.17. The monoisotopic (exact) mass is 331 g/mol. The van der Waals surface area contributed by atoms with Crippen LogP contribution in [0, 0.1) is 0 Å². The number of aromatic nitrogens is 2. The highest BCUT2D eigenvalue weighted by atomic mass is 32.1. The van der Waals surface area contributed by atoms with Gasteiger partial charge in [0, 0.05) is 29.0 Å². The van der Waals surface area contributed by atoms with Gasteiger partial charge < -0.3 is 10.1 Å². The van der Waals surface area contributed by atoms with E-state index >= 15 is 0 Å². The predicted octanol–water partition coefficient (Wildman–Crippen LogP) is 3.84. The molecule has 0 bridgehead atoms. The highest BCUT2D eigenvalue weighted by Gasteiger charge is 2.20. The third-order valence-corrected chi connectivity index (χ3v) is 5.97. The molecule has 2 aromatic rings. The van der Waals surface area contributed by atoms with Crippen LogP contribution >= 0.6 is 11.3 Å². The molecule has 0 spiro atoms. The van der Waals surface area contributed by atoms with E-state index in [1.807, 2.05) is 12.1 Å². The van der Waals surface area contributed by atoms with Crippen LogP contribution in [0.25, 0.3) is 0 Å². The fourth-order valence-electron chi connectivity index (χ4n) is 3.46. The fourth-order valence-corrected chi connectivity index (χ4v) is 4.51. The Hall–Kier alpha value is -1.66. The Morgan fingerprint density at radius 1 is 1.30 bits per heavy atom. The van der Waals surface area contributed by atoms with Crippen LogP contribution in [-0.2, 0) is 17.8 Å². The van der Waals surface area contributed by atoms with E-state index in [-0.39, 0.29) is 5.91 Å². The van der Waals surface area contributed by atoms with E-state index in [0.717, 1.165) is 29.2 Å². The number of fused-ring (bicyclic) bond motifs is 1. The van der Waals surface area contributed by atoms with Gasteiger partial charge in [0.15, 0.2) is 5.82 Å². The van der Waals surface area contributed by atoms with Crippen LogP contribution in [0.2, 0.25) is 0 Å². The molecule has 0 atom stereocenters. The van der Waals surface area contributed by atoms with Crippen LogP contribution in [0.5, 0.6) is 0 Å². The molecule has 2 aliphatic rings. The van der Waals surface area contributed by atoms with Crippen LogP contribution in [-0.4, -0.2) is 22.7 Å². The van der Waals surface area contributed by atoms with Gasteiger partial charge in [-0.2, -0.15) is 5.10 Å². The van der Waals surface area contributed by atoms with Crippen molar-refractivity contribution in [3.05, 3.63) is 33.1 Å². The van der Waals surface area contributed by atoms with Crippen molar-refractivity contribution in [3.63, 3.8) is 0 Å². The Morgan fingerprint density at radius 3 is 3.00 bits per heavy atom. The number of carbonyl (C=O) groups excluding carboxylic acids is 1. The van der Waals surface area contributed by atoms with Crippen LogP contribution < -0.4 is 5.32 Å². The molecule has 0 radical (unpaired) electrons. The number of rotatable bonds is 3. The third-order valence-electron chi connectivity index (χ3n) is 4.74. The zero-order chi connectivity index (χ0) is 15.6. The van der Waals surface area contributed by atoms with Gasteiger partial charge in [-0.1, -0.05) is 19.3 Å². The second kappa shape index (κ2) is 6.45. The summed E-state index contributed by atoms with van der Waals surface area (Å²) < 4.78 is 5.44. The molecule has 0 unspecified atom stereocenters. The van der Waals surface area contributed by atoms with Gasteiger partial charge in [0.05, 0.1) is 18.1 Å².